The van der Waals surface area contributed by atoms with Crippen molar-refractivity contribution in [2.24, 2.45) is 0 Å². The molecule has 0 bridgehead atoms. The molecule has 4 aromatic rings. The van der Waals surface area contributed by atoms with Gasteiger partial charge in [-0.05, 0) is 30.3 Å². The van der Waals surface area contributed by atoms with E-state index in [0.29, 0.717) is 35.4 Å². The van der Waals surface area contributed by atoms with Crippen molar-refractivity contribution in [1.82, 2.24) is 19.7 Å². The Bertz CT molecular complexity index is 1360. The molecule has 1 N–H and O–H groups in total. The Labute approximate surface area is 176 Å². The molecule has 1 saturated heterocycles. The van der Waals surface area contributed by atoms with Crippen LogP contribution in [0.3, 0.4) is 0 Å². The molecule has 0 unspecified atom stereocenters. The van der Waals surface area contributed by atoms with Crippen LogP contribution in [0.1, 0.15) is 5.56 Å². The van der Waals surface area contributed by atoms with Crippen LogP contribution in [0.2, 0.25) is 0 Å². The number of morpholine rings is 1. The molecule has 0 aliphatic carbocycles. The highest BCUT2D eigenvalue weighted by Gasteiger charge is 2.21. The lowest BCUT2D eigenvalue weighted by Crippen LogP contribution is -2.36. The van der Waals surface area contributed by atoms with Gasteiger partial charge in [-0.3, -0.25) is 4.79 Å². The third-order valence-electron chi connectivity index (χ3n) is 5.28. The van der Waals surface area contributed by atoms with Crippen molar-refractivity contribution in [2.75, 3.05) is 31.2 Å². The summed E-state index contributed by atoms with van der Waals surface area (Å²) in [5.74, 6) is 0.210. The molecular formula is C22H17FN6O2. The van der Waals surface area contributed by atoms with Gasteiger partial charge in [0, 0.05) is 31.0 Å². The Kier molecular flexibility index (Phi) is 4.69. The van der Waals surface area contributed by atoms with Crippen LogP contribution >= 0.6 is 0 Å². The number of nitriles is 1. The van der Waals surface area contributed by atoms with Crippen molar-refractivity contribution in [2.45, 2.75) is 0 Å². The van der Waals surface area contributed by atoms with E-state index in [1.165, 1.54) is 29.1 Å². The summed E-state index contributed by atoms with van der Waals surface area (Å²) < 4.78 is 21.4. The molecular weight excluding hydrogens is 399 g/mol. The summed E-state index contributed by atoms with van der Waals surface area (Å²) in [5.41, 5.74) is 1.16. The van der Waals surface area contributed by atoms with Crippen LogP contribution in [0.25, 0.3) is 27.8 Å². The molecule has 154 valence electrons. The maximum atomic E-state index is 14.7. The largest absolute Gasteiger partial charge is 0.378 e. The Morgan fingerprint density at radius 2 is 2.00 bits per heavy atom. The van der Waals surface area contributed by atoms with Gasteiger partial charge in [0.15, 0.2) is 0 Å². The van der Waals surface area contributed by atoms with Crippen LogP contribution in [-0.2, 0) is 4.74 Å². The molecule has 0 saturated carbocycles. The van der Waals surface area contributed by atoms with Crippen molar-refractivity contribution in [3.8, 4) is 23.0 Å². The number of anilines is 1. The first-order valence-electron chi connectivity index (χ1n) is 9.76. The predicted molar refractivity (Wildman–Crippen MR) is 113 cm³/mol. The fourth-order valence-electron chi connectivity index (χ4n) is 3.78. The Morgan fingerprint density at radius 1 is 1.16 bits per heavy atom. The van der Waals surface area contributed by atoms with E-state index >= 15 is 0 Å². The first-order chi connectivity index (χ1) is 15.2. The second kappa shape index (κ2) is 7.66. The molecule has 1 aromatic carbocycles. The number of rotatable bonds is 3. The van der Waals surface area contributed by atoms with E-state index in [9.17, 15) is 14.4 Å². The van der Waals surface area contributed by atoms with Gasteiger partial charge < -0.3 is 14.6 Å². The van der Waals surface area contributed by atoms with E-state index in [0.717, 1.165) is 18.9 Å². The molecule has 3 aromatic heterocycles. The molecule has 0 spiro atoms. The molecule has 8 nitrogen and oxygen atoms in total. The van der Waals surface area contributed by atoms with Crippen molar-refractivity contribution in [1.29, 1.82) is 5.26 Å². The zero-order valence-electron chi connectivity index (χ0n) is 16.4. The number of nitrogens with one attached hydrogen (secondary N) is 1. The van der Waals surface area contributed by atoms with E-state index in [1.54, 1.807) is 12.3 Å². The lowest BCUT2D eigenvalue weighted by Gasteiger charge is -2.27. The number of benzene rings is 1. The Hall–Kier alpha value is -4.03. The van der Waals surface area contributed by atoms with Crippen LogP contribution in [-0.4, -0.2) is 46.1 Å². The van der Waals surface area contributed by atoms with Crippen LogP contribution < -0.4 is 10.5 Å². The Balaban J connectivity index is 1.68. The molecule has 1 fully saturated rings. The van der Waals surface area contributed by atoms with E-state index in [2.05, 4.69) is 20.0 Å². The summed E-state index contributed by atoms with van der Waals surface area (Å²) in [5, 5.41) is 14.3. The fraction of sp³-hybridized carbons (Fsp3) is 0.182. The van der Waals surface area contributed by atoms with Gasteiger partial charge in [-0.25, -0.2) is 14.1 Å². The summed E-state index contributed by atoms with van der Waals surface area (Å²) in [6, 6.07) is 11.6. The number of hydrogen-bond acceptors (Lipinski definition) is 6. The quantitative estimate of drug-likeness (QED) is 0.551. The summed E-state index contributed by atoms with van der Waals surface area (Å²) in [6.07, 6.45) is 3.12. The molecule has 4 heterocycles. The standard InChI is InChI=1S/C22H17FN6O2/c23-16-3-1-2-14(12-24)21(16)29-17-6-7-25-22(30)19(17)20(27-29)15-4-5-18(26-13-15)28-8-10-31-11-9-28/h1-7,13H,8-11H2,(H,25,30). The average Bonchev–Trinajstić information content (AvgIpc) is 3.20. The normalized spacial score (nSPS) is 14.0. The van der Waals surface area contributed by atoms with Crippen LogP contribution in [0.5, 0.6) is 0 Å². The molecule has 1 aliphatic rings. The zero-order valence-corrected chi connectivity index (χ0v) is 16.4. The number of halogens is 1. The first kappa shape index (κ1) is 19.0. The van der Waals surface area contributed by atoms with E-state index < -0.39 is 5.82 Å². The van der Waals surface area contributed by atoms with Gasteiger partial charge in [0.25, 0.3) is 5.56 Å². The van der Waals surface area contributed by atoms with Gasteiger partial charge in [0.1, 0.15) is 29.1 Å². The van der Waals surface area contributed by atoms with Gasteiger partial charge in [-0.2, -0.15) is 10.4 Å². The second-order valence-electron chi connectivity index (χ2n) is 7.08. The number of aromatic nitrogens is 4. The molecule has 0 atom stereocenters. The number of aromatic amines is 1. The number of nitrogens with zero attached hydrogens (tertiary/aromatic N) is 5. The average molecular weight is 416 g/mol. The molecule has 9 heteroatoms. The van der Waals surface area contributed by atoms with Crippen molar-refractivity contribution in [3.63, 3.8) is 0 Å². The maximum absolute atomic E-state index is 14.7. The zero-order chi connectivity index (χ0) is 21.4. The minimum Gasteiger partial charge on any atom is -0.378 e. The topological polar surface area (TPSA) is 99.8 Å². The summed E-state index contributed by atoms with van der Waals surface area (Å²) >= 11 is 0. The minimum atomic E-state index is -0.601. The Morgan fingerprint density at radius 3 is 2.74 bits per heavy atom. The smallest absolute Gasteiger partial charge is 0.259 e. The fourth-order valence-corrected chi connectivity index (χ4v) is 3.78. The van der Waals surface area contributed by atoms with Gasteiger partial charge in [0.2, 0.25) is 0 Å². The number of fused-ring (bicyclic) bond motifs is 1. The van der Waals surface area contributed by atoms with E-state index in [-0.39, 0.29) is 16.8 Å². The summed E-state index contributed by atoms with van der Waals surface area (Å²) in [4.78, 5) is 22.0. The molecule has 5 rings (SSSR count). The monoisotopic (exact) mass is 416 g/mol. The van der Waals surface area contributed by atoms with Gasteiger partial charge in [0.05, 0.1) is 29.7 Å². The minimum absolute atomic E-state index is 0.00439. The lowest BCUT2D eigenvalue weighted by atomic mass is 10.1. The van der Waals surface area contributed by atoms with Gasteiger partial charge >= 0.3 is 0 Å². The van der Waals surface area contributed by atoms with E-state index in [1.807, 2.05) is 18.2 Å². The van der Waals surface area contributed by atoms with Gasteiger partial charge in [-0.15, -0.1) is 0 Å². The molecule has 0 amide bonds. The van der Waals surface area contributed by atoms with Gasteiger partial charge in [-0.1, -0.05) is 6.07 Å². The van der Waals surface area contributed by atoms with E-state index in [4.69, 9.17) is 4.74 Å². The first-order valence-corrected chi connectivity index (χ1v) is 9.76. The third-order valence-corrected chi connectivity index (χ3v) is 5.28. The molecule has 1 aliphatic heterocycles. The highest BCUT2D eigenvalue weighted by Crippen LogP contribution is 2.30. The maximum Gasteiger partial charge on any atom is 0.259 e. The number of hydrogen-bond donors (Lipinski definition) is 1. The number of H-pyrrole nitrogens is 1. The SMILES string of the molecule is N#Cc1cccc(F)c1-n1nc(-c2ccc(N3CCOCC3)nc2)c2c(=O)[nH]ccc21. The number of para-hydroxylation sites is 1. The lowest BCUT2D eigenvalue weighted by molar-refractivity contribution is 0.122. The second-order valence-corrected chi connectivity index (χ2v) is 7.08. The molecule has 0 radical (unpaired) electrons. The van der Waals surface area contributed by atoms with Crippen LogP contribution in [0.4, 0.5) is 10.2 Å². The molecule has 31 heavy (non-hydrogen) atoms. The number of pyridine rings is 2. The number of ether oxygens (including phenoxy) is 1. The van der Waals surface area contributed by atoms with Crippen LogP contribution in [0, 0.1) is 17.1 Å². The predicted octanol–water partition coefficient (Wildman–Crippen LogP) is 2.62. The summed E-state index contributed by atoms with van der Waals surface area (Å²) in [7, 11) is 0. The van der Waals surface area contributed by atoms with Crippen LogP contribution in [0.15, 0.2) is 53.6 Å². The highest BCUT2D eigenvalue weighted by atomic mass is 19.1. The van der Waals surface area contributed by atoms with Crippen molar-refractivity contribution in [3.05, 3.63) is 70.5 Å². The van der Waals surface area contributed by atoms with Crippen molar-refractivity contribution < 1.29 is 9.13 Å². The highest BCUT2D eigenvalue weighted by molar-refractivity contribution is 5.93. The summed E-state index contributed by atoms with van der Waals surface area (Å²) in [6.45, 7) is 2.82. The third kappa shape index (κ3) is 3.23. The van der Waals surface area contributed by atoms with Crippen molar-refractivity contribution >= 4 is 16.7 Å².